The van der Waals surface area contributed by atoms with Gasteiger partial charge in [0.1, 0.15) is 17.4 Å². The van der Waals surface area contributed by atoms with E-state index in [1.165, 1.54) is 33.4 Å². The van der Waals surface area contributed by atoms with Crippen LogP contribution >= 0.6 is 0 Å². The maximum atomic E-state index is 12.2. The monoisotopic (exact) mass is 983 g/mol. The predicted octanol–water partition coefficient (Wildman–Crippen LogP) is 18.4. The first-order valence-electron chi connectivity index (χ1n) is 27.1. The number of nitrogens with zero attached hydrogens (tertiary/aromatic N) is 4. The zero-order chi connectivity index (χ0) is 52.4. The fraction of sp³-hybridized carbons (Fsp3) is 0.286. The summed E-state index contributed by atoms with van der Waals surface area (Å²) >= 11 is 0. The normalized spacial score (nSPS) is 16.5. The third-order valence-corrected chi connectivity index (χ3v) is 17.4. The standard InChI is InChI=1S/C70H70N4O/c1-66(2,3)48-32-33-50(62(75)39-48)65-72-63-49(28-21-31-59(63)74(65)61-43-56-54(68(6,7)35-37-70(56,10)11)41-52(61)45-24-16-13-17-25-45)46-26-20-27-47(38-46)64-71-57-29-18-19-30-58(57)73(64)60-42-55-53(67(4,5)34-36-69(55,8)9)40-51(60)44-22-14-12-15-23-44/h12-33,38-43,75H,34-37H2,1-11H3. The van der Waals surface area contributed by atoms with Gasteiger partial charge in [0.25, 0.3) is 0 Å². The van der Waals surface area contributed by atoms with Crippen LogP contribution in [0.25, 0.3) is 89.6 Å². The lowest BCUT2D eigenvalue weighted by Gasteiger charge is -2.42. The Balaban J connectivity index is 1.11. The van der Waals surface area contributed by atoms with Crippen LogP contribution in [-0.2, 0) is 27.1 Å². The third kappa shape index (κ3) is 8.13. The van der Waals surface area contributed by atoms with Crippen LogP contribution in [0.15, 0.2) is 170 Å². The van der Waals surface area contributed by atoms with Crippen LogP contribution < -0.4 is 0 Å². The average Bonchev–Trinajstić information content (AvgIpc) is 3.98. The number of phenols is 1. The molecule has 2 aliphatic rings. The highest BCUT2D eigenvalue weighted by Gasteiger charge is 2.40. The molecule has 0 saturated carbocycles. The van der Waals surface area contributed by atoms with Crippen molar-refractivity contribution in [3.8, 4) is 73.3 Å². The third-order valence-electron chi connectivity index (χ3n) is 17.4. The molecule has 0 amide bonds. The number of hydrogen-bond donors (Lipinski definition) is 1. The predicted molar refractivity (Wildman–Crippen MR) is 314 cm³/mol. The second-order valence-electron chi connectivity index (χ2n) is 25.4. The molecule has 5 heteroatoms. The van der Waals surface area contributed by atoms with E-state index in [1.807, 2.05) is 6.07 Å². The molecule has 2 aromatic heterocycles. The molecule has 0 spiro atoms. The second kappa shape index (κ2) is 17.3. The number of aromatic hydroxyl groups is 1. The highest BCUT2D eigenvalue weighted by atomic mass is 16.3. The summed E-state index contributed by atoms with van der Waals surface area (Å²) in [5, 5.41) is 12.2. The molecule has 10 aromatic rings. The maximum Gasteiger partial charge on any atom is 0.149 e. The van der Waals surface area contributed by atoms with Crippen molar-refractivity contribution in [1.82, 2.24) is 19.1 Å². The number of para-hydroxylation sites is 3. The smallest absolute Gasteiger partial charge is 0.149 e. The van der Waals surface area contributed by atoms with Gasteiger partial charge in [-0.3, -0.25) is 9.13 Å². The van der Waals surface area contributed by atoms with Crippen molar-refractivity contribution in [3.63, 3.8) is 0 Å². The van der Waals surface area contributed by atoms with E-state index >= 15 is 0 Å². The molecule has 0 radical (unpaired) electrons. The lowest BCUT2D eigenvalue weighted by atomic mass is 9.62. The second-order valence-corrected chi connectivity index (χ2v) is 25.4. The van der Waals surface area contributed by atoms with E-state index in [-0.39, 0.29) is 32.8 Å². The molecule has 376 valence electrons. The van der Waals surface area contributed by atoms with Gasteiger partial charge in [0.05, 0.1) is 39.0 Å². The summed E-state index contributed by atoms with van der Waals surface area (Å²) in [6.45, 7) is 25.8. The number of rotatable bonds is 7. The van der Waals surface area contributed by atoms with Gasteiger partial charge >= 0.3 is 0 Å². The van der Waals surface area contributed by atoms with E-state index in [4.69, 9.17) is 9.97 Å². The summed E-state index contributed by atoms with van der Waals surface area (Å²) in [5.41, 5.74) is 21.0. The number of phenolic OH excluding ortho intramolecular Hbond substituents is 1. The minimum absolute atomic E-state index is 0.00306. The molecular weight excluding hydrogens is 913 g/mol. The van der Waals surface area contributed by atoms with Crippen LogP contribution in [0.5, 0.6) is 5.75 Å². The molecule has 2 aliphatic carbocycles. The molecule has 0 saturated heterocycles. The van der Waals surface area contributed by atoms with E-state index < -0.39 is 0 Å². The van der Waals surface area contributed by atoms with Gasteiger partial charge in [-0.1, -0.05) is 185 Å². The molecular formula is C70H70N4O. The van der Waals surface area contributed by atoms with Crippen LogP contribution in [0, 0.1) is 0 Å². The fourth-order valence-electron chi connectivity index (χ4n) is 12.5. The van der Waals surface area contributed by atoms with E-state index in [9.17, 15) is 5.11 Å². The molecule has 1 N–H and O–H groups in total. The van der Waals surface area contributed by atoms with E-state index in [2.05, 4.69) is 249 Å². The van der Waals surface area contributed by atoms with E-state index in [1.54, 1.807) is 0 Å². The average molecular weight is 983 g/mol. The summed E-state index contributed by atoms with van der Waals surface area (Å²) in [6, 6.07) is 61.7. The minimum Gasteiger partial charge on any atom is -0.507 e. The van der Waals surface area contributed by atoms with Gasteiger partial charge in [0, 0.05) is 22.3 Å². The molecule has 75 heavy (non-hydrogen) atoms. The van der Waals surface area contributed by atoms with Crippen LogP contribution in [0.4, 0.5) is 0 Å². The zero-order valence-corrected chi connectivity index (χ0v) is 45.7. The fourth-order valence-corrected chi connectivity index (χ4v) is 12.5. The Labute approximate surface area is 444 Å². The van der Waals surface area contributed by atoms with Crippen LogP contribution in [-0.4, -0.2) is 24.2 Å². The van der Waals surface area contributed by atoms with Crippen molar-refractivity contribution in [2.45, 2.75) is 129 Å². The summed E-state index contributed by atoms with van der Waals surface area (Å²) < 4.78 is 4.74. The van der Waals surface area contributed by atoms with Crippen molar-refractivity contribution in [2.24, 2.45) is 0 Å². The number of benzene rings is 8. The first kappa shape index (κ1) is 48.4. The van der Waals surface area contributed by atoms with Gasteiger partial charge in [-0.25, -0.2) is 9.97 Å². The number of hydrogen-bond acceptors (Lipinski definition) is 3. The van der Waals surface area contributed by atoms with E-state index in [0.717, 1.165) is 98.3 Å². The first-order chi connectivity index (χ1) is 35.7. The number of imidazole rings is 2. The summed E-state index contributed by atoms with van der Waals surface area (Å²) in [7, 11) is 0. The lowest BCUT2D eigenvalue weighted by Crippen LogP contribution is -2.34. The van der Waals surface area contributed by atoms with Gasteiger partial charge in [-0.05, 0) is 158 Å². The molecule has 0 atom stereocenters. The van der Waals surface area contributed by atoms with Crippen LogP contribution in [0.1, 0.15) is 130 Å². The Morgan fingerprint density at radius 3 is 1.41 bits per heavy atom. The highest BCUT2D eigenvalue weighted by molar-refractivity contribution is 5.98. The molecule has 0 aliphatic heterocycles. The summed E-state index contributed by atoms with van der Waals surface area (Å²) in [6.07, 6.45) is 4.47. The quantitative estimate of drug-likeness (QED) is 0.173. The van der Waals surface area contributed by atoms with Crippen molar-refractivity contribution in [3.05, 3.63) is 198 Å². The SMILES string of the molecule is CC(C)(C)c1ccc(-c2nc3c(-c4cccc(-c5nc6ccccc6n5-c5cc6c(cc5-c5ccccc5)C(C)(C)CCC6(C)C)c4)cccc3n2-c2cc3c(cc2-c2ccccc2)C(C)(C)CCC3(C)C)c(O)c1. The van der Waals surface area contributed by atoms with Gasteiger partial charge in [-0.15, -0.1) is 0 Å². The van der Waals surface area contributed by atoms with Gasteiger partial charge in [0.2, 0.25) is 0 Å². The molecule has 8 aromatic carbocycles. The maximum absolute atomic E-state index is 12.2. The zero-order valence-electron chi connectivity index (χ0n) is 45.7. The van der Waals surface area contributed by atoms with Gasteiger partial charge in [-0.2, -0.15) is 0 Å². The Bertz CT molecular complexity index is 3880. The Morgan fingerprint density at radius 1 is 0.400 bits per heavy atom. The lowest BCUT2D eigenvalue weighted by molar-refractivity contribution is 0.332. The Kier molecular flexibility index (Phi) is 11.2. The minimum atomic E-state index is -0.150. The number of aromatic nitrogens is 4. The summed E-state index contributed by atoms with van der Waals surface area (Å²) in [4.78, 5) is 11.2. The van der Waals surface area contributed by atoms with Crippen LogP contribution in [0.3, 0.4) is 0 Å². The summed E-state index contributed by atoms with van der Waals surface area (Å²) in [5.74, 6) is 1.80. The van der Waals surface area contributed by atoms with E-state index in [0.29, 0.717) is 11.4 Å². The Morgan fingerprint density at radius 2 is 0.867 bits per heavy atom. The molecule has 2 heterocycles. The van der Waals surface area contributed by atoms with Crippen molar-refractivity contribution >= 4 is 22.1 Å². The number of fused-ring (bicyclic) bond motifs is 4. The highest BCUT2D eigenvalue weighted by Crippen LogP contribution is 2.52. The molecule has 12 rings (SSSR count). The largest absolute Gasteiger partial charge is 0.507 e. The molecule has 5 nitrogen and oxygen atoms in total. The van der Waals surface area contributed by atoms with Crippen molar-refractivity contribution in [1.29, 1.82) is 0 Å². The molecule has 0 bridgehead atoms. The van der Waals surface area contributed by atoms with Gasteiger partial charge in [0.15, 0.2) is 0 Å². The van der Waals surface area contributed by atoms with Crippen molar-refractivity contribution in [2.75, 3.05) is 0 Å². The van der Waals surface area contributed by atoms with Gasteiger partial charge < -0.3 is 5.11 Å². The van der Waals surface area contributed by atoms with Crippen molar-refractivity contribution < 1.29 is 5.11 Å². The Hall–Kier alpha value is -7.50. The first-order valence-corrected chi connectivity index (χ1v) is 27.1. The molecule has 0 unspecified atom stereocenters. The van der Waals surface area contributed by atoms with Crippen LogP contribution in [0.2, 0.25) is 0 Å². The molecule has 0 fully saturated rings. The topological polar surface area (TPSA) is 55.9 Å².